The molecule has 0 aliphatic carbocycles. The average Bonchev–Trinajstić information content (AvgIpc) is 2.03. The van der Waals surface area contributed by atoms with Crippen LogP contribution in [-0.2, 0) is 0 Å². The van der Waals surface area contributed by atoms with Gasteiger partial charge in [0.05, 0.1) is 5.41 Å². The standard InChI is InChI=1S/C9H17F3N2/c1-8(2,9(10,11)12)7-14-5-3-13-4-6-14/h13H,3-7H2,1-2H3. The van der Waals surface area contributed by atoms with E-state index in [0.29, 0.717) is 13.1 Å². The maximum absolute atomic E-state index is 12.5. The second-order valence-electron chi connectivity index (χ2n) is 4.41. The van der Waals surface area contributed by atoms with E-state index in [1.54, 1.807) is 0 Å². The van der Waals surface area contributed by atoms with Crippen LogP contribution in [0, 0.1) is 5.41 Å². The lowest BCUT2D eigenvalue weighted by molar-refractivity contribution is -0.216. The van der Waals surface area contributed by atoms with Gasteiger partial charge in [0.2, 0.25) is 0 Å². The summed E-state index contributed by atoms with van der Waals surface area (Å²) in [5.41, 5.74) is -1.61. The number of alkyl halides is 3. The third kappa shape index (κ3) is 2.85. The van der Waals surface area contributed by atoms with Crippen LogP contribution in [0.4, 0.5) is 13.2 Å². The molecule has 0 amide bonds. The summed E-state index contributed by atoms with van der Waals surface area (Å²) < 4.78 is 37.6. The van der Waals surface area contributed by atoms with Crippen LogP contribution in [0.5, 0.6) is 0 Å². The Labute approximate surface area is 82.5 Å². The van der Waals surface area contributed by atoms with E-state index in [1.807, 2.05) is 4.90 Å². The van der Waals surface area contributed by atoms with Crippen LogP contribution in [0.15, 0.2) is 0 Å². The van der Waals surface area contributed by atoms with Crippen LogP contribution in [0.3, 0.4) is 0 Å². The van der Waals surface area contributed by atoms with Crippen molar-refractivity contribution in [2.24, 2.45) is 5.41 Å². The normalized spacial score (nSPS) is 21.2. The number of piperazine rings is 1. The van der Waals surface area contributed by atoms with Crippen LogP contribution in [0.1, 0.15) is 13.8 Å². The maximum atomic E-state index is 12.5. The summed E-state index contributed by atoms with van der Waals surface area (Å²) in [6, 6.07) is 0. The van der Waals surface area contributed by atoms with Crippen molar-refractivity contribution in [3.63, 3.8) is 0 Å². The van der Waals surface area contributed by atoms with Gasteiger partial charge in [0.25, 0.3) is 0 Å². The lowest BCUT2D eigenvalue weighted by Gasteiger charge is -2.36. The smallest absolute Gasteiger partial charge is 0.314 e. The zero-order valence-corrected chi connectivity index (χ0v) is 8.62. The number of hydrogen-bond donors (Lipinski definition) is 1. The van der Waals surface area contributed by atoms with Gasteiger partial charge in [0, 0.05) is 32.7 Å². The van der Waals surface area contributed by atoms with Crippen molar-refractivity contribution in [2.75, 3.05) is 32.7 Å². The summed E-state index contributed by atoms with van der Waals surface area (Å²) in [5.74, 6) is 0. The van der Waals surface area contributed by atoms with Gasteiger partial charge in [-0.05, 0) is 13.8 Å². The van der Waals surface area contributed by atoms with Gasteiger partial charge >= 0.3 is 6.18 Å². The fourth-order valence-corrected chi connectivity index (χ4v) is 1.52. The van der Waals surface area contributed by atoms with Crippen molar-refractivity contribution < 1.29 is 13.2 Å². The predicted octanol–water partition coefficient (Wildman–Crippen LogP) is 1.48. The minimum atomic E-state index is -4.11. The van der Waals surface area contributed by atoms with Gasteiger partial charge in [-0.1, -0.05) is 0 Å². The largest absolute Gasteiger partial charge is 0.395 e. The summed E-state index contributed by atoms with van der Waals surface area (Å²) in [4.78, 5) is 1.87. The van der Waals surface area contributed by atoms with E-state index in [9.17, 15) is 13.2 Å². The Hall–Kier alpha value is -0.290. The molecule has 1 rings (SSSR count). The Balaban J connectivity index is 2.49. The Morgan fingerprint density at radius 3 is 2.07 bits per heavy atom. The summed E-state index contributed by atoms with van der Waals surface area (Å²) in [5, 5.41) is 3.12. The molecule has 2 nitrogen and oxygen atoms in total. The van der Waals surface area contributed by atoms with Gasteiger partial charge in [-0.3, -0.25) is 4.90 Å². The number of halogens is 3. The highest BCUT2D eigenvalue weighted by atomic mass is 19.4. The first-order chi connectivity index (χ1) is 6.33. The minimum Gasteiger partial charge on any atom is -0.314 e. The SMILES string of the molecule is CC(C)(CN1CCNCC1)C(F)(F)F. The second kappa shape index (κ2) is 4.06. The fourth-order valence-electron chi connectivity index (χ4n) is 1.52. The van der Waals surface area contributed by atoms with Crippen molar-refractivity contribution in [3.8, 4) is 0 Å². The molecule has 1 N–H and O–H groups in total. The highest BCUT2D eigenvalue weighted by Crippen LogP contribution is 2.37. The third-order valence-corrected chi connectivity index (χ3v) is 2.60. The Morgan fingerprint density at radius 1 is 1.14 bits per heavy atom. The zero-order valence-electron chi connectivity index (χ0n) is 8.62. The summed E-state index contributed by atoms with van der Waals surface area (Å²) in [6.45, 7) is 5.60. The highest BCUT2D eigenvalue weighted by Gasteiger charge is 2.47. The van der Waals surface area contributed by atoms with Crippen LogP contribution in [-0.4, -0.2) is 43.8 Å². The van der Waals surface area contributed by atoms with Crippen LogP contribution in [0.2, 0.25) is 0 Å². The molecule has 84 valence electrons. The maximum Gasteiger partial charge on any atom is 0.395 e. The predicted molar refractivity (Wildman–Crippen MR) is 49.1 cm³/mol. The van der Waals surface area contributed by atoms with E-state index >= 15 is 0 Å². The molecule has 0 aromatic carbocycles. The molecule has 1 saturated heterocycles. The molecular weight excluding hydrogens is 193 g/mol. The van der Waals surface area contributed by atoms with Gasteiger partial charge < -0.3 is 5.32 Å². The Bertz CT molecular complexity index is 183. The molecule has 0 aromatic heterocycles. The van der Waals surface area contributed by atoms with Gasteiger partial charge in [0.15, 0.2) is 0 Å². The second-order valence-corrected chi connectivity index (χ2v) is 4.41. The molecule has 0 unspecified atom stereocenters. The third-order valence-electron chi connectivity index (χ3n) is 2.60. The van der Waals surface area contributed by atoms with E-state index in [-0.39, 0.29) is 6.54 Å². The lowest BCUT2D eigenvalue weighted by Crippen LogP contribution is -2.50. The molecule has 0 atom stereocenters. The van der Waals surface area contributed by atoms with Crippen LogP contribution >= 0.6 is 0 Å². The quantitative estimate of drug-likeness (QED) is 0.742. The zero-order chi connectivity index (χ0) is 10.8. The molecule has 0 radical (unpaired) electrons. The minimum absolute atomic E-state index is 0.0954. The van der Waals surface area contributed by atoms with Gasteiger partial charge in [-0.25, -0.2) is 0 Å². The molecule has 1 heterocycles. The Kier molecular flexibility index (Phi) is 3.42. The monoisotopic (exact) mass is 210 g/mol. The molecule has 1 fully saturated rings. The molecule has 0 aromatic rings. The van der Waals surface area contributed by atoms with Crippen molar-refractivity contribution in [3.05, 3.63) is 0 Å². The van der Waals surface area contributed by atoms with Crippen LogP contribution in [0.25, 0.3) is 0 Å². The number of nitrogens with zero attached hydrogens (tertiary/aromatic N) is 1. The van der Waals surface area contributed by atoms with Crippen molar-refractivity contribution in [2.45, 2.75) is 20.0 Å². The average molecular weight is 210 g/mol. The van der Waals surface area contributed by atoms with E-state index in [0.717, 1.165) is 13.1 Å². The summed E-state index contributed by atoms with van der Waals surface area (Å²) in [6.07, 6.45) is -4.11. The van der Waals surface area contributed by atoms with Crippen molar-refractivity contribution >= 4 is 0 Å². The van der Waals surface area contributed by atoms with E-state index in [1.165, 1.54) is 13.8 Å². The first-order valence-electron chi connectivity index (χ1n) is 4.83. The summed E-state index contributed by atoms with van der Waals surface area (Å²) in [7, 11) is 0. The first kappa shape index (κ1) is 11.8. The topological polar surface area (TPSA) is 15.3 Å². The first-order valence-corrected chi connectivity index (χ1v) is 4.83. The lowest BCUT2D eigenvalue weighted by atomic mass is 9.92. The van der Waals surface area contributed by atoms with Gasteiger partial charge in [0.1, 0.15) is 0 Å². The molecule has 0 saturated carbocycles. The number of nitrogens with one attached hydrogen (secondary N) is 1. The molecule has 0 bridgehead atoms. The van der Waals surface area contributed by atoms with E-state index in [2.05, 4.69) is 5.32 Å². The van der Waals surface area contributed by atoms with Crippen LogP contribution < -0.4 is 5.32 Å². The van der Waals surface area contributed by atoms with E-state index < -0.39 is 11.6 Å². The molecular formula is C9H17F3N2. The molecule has 1 aliphatic heterocycles. The van der Waals surface area contributed by atoms with E-state index in [4.69, 9.17) is 0 Å². The Morgan fingerprint density at radius 2 is 1.64 bits per heavy atom. The summed E-state index contributed by atoms with van der Waals surface area (Å²) >= 11 is 0. The number of hydrogen-bond acceptors (Lipinski definition) is 2. The van der Waals surface area contributed by atoms with Crippen molar-refractivity contribution in [1.29, 1.82) is 0 Å². The molecule has 1 aliphatic rings. The fraction of sp³-hybridized carbons (Fsp3) is 1.00. The highest BCUT2D eigenvalue weighted by molar-refractivity contribution is 4.82. The van der Waals surface area contributed by atoms with Gasteiger partial charge in [-0.2, -0.15) is 13.2 Å². The number of rotatable bonds is 2. The molecule has 14 heavy (non-hydrogen) atoms. The molecule has 5 heteroatoms. The van der Waals surface area contributed by atoms with Gasteiger partial charge in [-0.15, -0.1) is 0 Å². The van der Waals surface area contributed by atoms with Crippen molar-refractivity contribution in [1.82, 2.24) is 10.2 Å². The molecule has 0 spiro atoms.